The van der Waals surface area contributed by atoms with Crippen LogP contribution in [-0.2, 0) is 11.3 Å². The smallest absolute Gasteiger partial charge is 0.270 e. The molecule has 2 aromatic heterocycles. The number of aromatic nitrogens is 1. The number of nitrogens with zero attached hydrogens (tertiary/aromatic N) is 2. The normalized spacial score (nSPS) is 14.4. The predicted octanol–water partition coefficient (Wildman–Crippen LogP) is 2.87. The third-order valence-corrected chi connectivity index (χ3v) is 6.87. The Morgan fingerprint density at radius 1 is 1.23 bits per heavy atom. The van der Waals surface area contributed by atoms with E-state index in [9.17, 15) is 14.4 Å². The molecule has 0 spiro atoms. The monoisotopic (exact) mass is 497 g/mol. The van der Waals surface area contributed by atoms with Gasteiger partial charge in [0.05, 0.1) is 25.6 Å². The number of primary amides is 1. The van der Waals surface area contributed by atoms with Crippen LogP contribution in [0.5, 0.6) is 5.75 Å². The molecule has 0 saturated heterocycles. The van der Waals surface area contributed by atoms with Crippen molar-refractivity contribution >= 4 is 34.9 Å². The molecule has 1 aliphatic carbocycles. The Balaban J connectivity index is 1.77. The second-order valence-electron chi connectivity index (χ2n) is 8.32. The van der Waals surface area contributed by atoms with Gasteiger partial charge in [-0.15, -0.1) is 0 Å². The van der Waals surface area contributed by atoms with Crippen LogP contribution in [0.3, 0.4) is 0 Å². The molecule has 3 amide bonds. The van der Waals surface area contributed by atoms with Crippen molar-refractivity contribution in [3.05, 3.63) is 64.6 Å². The molecule has 1 saturated carbocycles. The number of hydrogen-bond acceptors (Lipinski definition) is 8. The van der Waals surface area contributed by atoms with Crippen LogP contribution in [0.25, 0.3) is 0 Å². The Morgan fingerprint density at radius 2 is 1.94 bits per heavy atom. The van der Waals surface area contributed by atoms with E-state index in [4.69, 9.17) is 20.6 Å². The molecule has 10 nitrogen and oxygen atoms in total. The highest BCUT2D eigenvalue weighted by Gasteiger charge is 2.36. The molecule has 4 rings (SSSR count). The molecule has 35 heavy (non-hydrogen) atoms. The molecule has 1 atom stereocenters. The molecular weight excluding hydrogens is 470 g/mol. The Kier molecular flexibility index (Phi) is 7.35. The summed E-state index contributed by atoms with van der Waals surface area (Å²) in [6, 6.07) is 9.39. The van der Waals surface area contributed by atoms with Gasteiger partial charge < -0.3 is 30.8 Å². The minimum atomic E-state index is -1.00. The van der Waals surface area contributed by atoms with Crippen LogP contribution in [-0.4, -0.2) is 40.1 Å². The van der Waals surface area contributed by atoms with Gasteiger partial charge in [0, 0.05) is 6.04 Å². The number of amides is 3. The summed E-state index contributed by atoms with van der Waals surface area (Å²) in [6.07, 6.45) is 5.35. The summed E-state index contributed by atoms with van der Waals surface area (Å²) in [7, 11) is 1.55. The van der Waals surface area contributed by atoms with Gasteiger partial charge in [-0.05, 0) is 54.2 Å². The van der Waals surface area contributed by atoms with Crippen molar-refractivity contribution in [2.24, 2.45) is 5.73 Å². The molecule has 0 aliphatic heterocycles. The quantitative estimate of drug-likeness (QED) is 0.411. The van der Waals surface area contributed by atoms with Crippen LogP contribution < -0.4 is 21.5 Å². The van der Waals surface area contributed by atoms with Crippen molar-refractivity contribution in [1.29, 1.82) is 0 Å². The van der Waals surface area contributed by atoms with Gasteiger partial charge in [0.25, 0.3) is 11.8 Å². The summed E-state index contributed by atoms with van der Waals surface area (Å²) in [5.74, 6) is -0.623. The number of ether oxygens (including phenoxy) is 1. The van der Waals surface area contributed by atoms with Crippen LogP contribution in [0.2, 0.25) is 0 Å². The number of nitrogens with one attached hydrogen (secondary N) is 1. The fourth-order valence-corrected chi connectivity index (χ4v) is 4.98. The maximum absolute atomic E-state index is 13.8. The average Bonchev–Trinajstić information content (AvgIpc) is 3.61. The molecule has 1 fully saturated rings. The lowest BCUT2D eigenvalue weighted by Gasteiger charge is -2.31. The number of hydrogen-bond donors (Lipinski definition) is 3. The number of methoxy groups -OCH3 is 1. The van der Waals surface area contributed by atoms with E-state index in [0.29, 0.717) is 17.1 Å². The van der Waals surface area contributed by atoms with Crippen LogP contribution in [0.15, 0.2) is 47.1 Å². The molecule has 2 heterocycles. The van der Waals surface area contributed by atoms with E-state index in [-0.39, 0.29) is 34.8 Å². The number of nitrogens with two attached hydrogens (primary N) is 2. The number of benzene rings is 1. The van der Waals surface area contributed by atoms with Gasteiger partial charge in [0.15, 0.2) is 5.69 Å². The minimum Gasteiger partial charge on any atom is -0.497 e. The number of carbonyl (C=O) groups excluding carboxylic acids is 3. The maximum Gasteiger partial charge on any atom is 0.270 e. The van der Waals surface area contributed by atoms with Gasteiger partial charge in [-0.2, -0.15) is 4.37 Å². The van der Waals surface area contributed by atoms with E-state index >= 15 is 0 Å². The molecule has 11 heteroatoms. The third kappa shape index (κ3) is 5.29. The zero-order valence-electron chi connectivity index (χ0n) is 19.2. The Labute approximate surface area is 206 Å². The van der Waals surface area contributed by atoms with Gasteiger partial charge >= 0.3 is 0 Å². The zero-order chi connectivity index (χ0) is 24.9. The van der Waals surface area contributed by atoms with Crippen molar-refractivity contribution in [1.82, 2.24) is 14.6 Å². The number of nitrogen functional groups attached to an aromatic ring is 1. The lowest BCUT2D eigenvalue weighted by atomic mass is 10.0. The van der Waals surface area contributed by atoms with Crippen LogP contribution >= 0.6 is 11.5 Å². The molecular formula is C24H27N5O5S. The fraction of sp³-hybridized carbons (Fsp3) is 0.333. The van der Waals surface area contributed by atoms with Crippen LogP contribution in [0, 0.1) is 0 Å². The maximum atomic E-state index is 13.8. The number of anilines is 1. The van der Waals surface area contributed by atoms with Gasteiger partial charge in [0.2, 0.25) is 5.91 Å². The van der Waals surface area contributed by atoms with Gasteiger partial charge in [-0.1, -0.05) is 25.0 Å². The van der Waals surface area contributed by atoms with Crippen LogP contribution in [0.4, 0.5) is 5.69 Å². The molecule has 1 aromatic carbocycles. The Bertz CT molecular complexity index is 1190. The highest BCUT2D eigenvalue weighted by Crippen LogP contribution is 2.31. The molecule has 0 bridgehead atoms. The first-order chi connectivity index (χ1) is 16.9. The number of furan rings is 1. The third-order valence-electron chi connectivity index (χ3n) is 6.02. The van der Waals surface area contributed by atoms with Crippen molar-refractivity contribution in [3.8, 4) is 5.75 Å². The van der Waals surface area contributed by atoms with Gasteiger partial charge in [0.1, 0.15) is 22.4 Å². The van der Waals surface area contributed by atoms with E-state index in [1.54, 1.807) is 43.5 Å². The van der Waals surface area contributed by atoms with Crippen molar-refractivity contribution in [2.75, 3.05) is 12.8 Å². The van der Waals surface area contributed by atoms with E-state index in [2.05, 4.69) is 9.69 Å². The second kappa shape index (κ2) is 10.6. The van der Waals surface area contributed by atoms with E-state index < -0.39 is 17.9 Å². The van der Waals surface area contributed by atoms with E-state index in [1.807, 2.05) is 0 Å². The van der Waals surface area contributed by atoms with E-state index in [0.717, 1.165) is 37.2 Å². The zero-order valence-corrected chi connectivity index (χ0v) is 20.0. The molecule has 0 radical (unpaired) electrons. The predicted molar refractivity (Wildman–Crippen MR) is 130 cm³/mol. The molecule has 1 unspecified atom stereocenters. The number of rotatable bonds is 9. The number of carbonyl (C=O) groups is 3. The lowest BCUT2D eigenvalue weighted by Crippen LogP contribution is -2.45. The van der Waals surface area contributed by atoms with Crippen molar-refractivity contribution in [3.63, 3.8) is 0 Å². The van der Waals surface area contributed by atoms with E-state index in [1.165, 1.54) is 11.2 Å². The first-order valence-electron chi connectivity index (χ1n) is 11.2. The van der Waals surface area contributed by atoms with Crippen LogP contribution in [0.1, 0.15) is 63.2 Å². The Hall–Kier alpha value is -3.86. The lowest BCUT2D eigenvalue weighted by molar-refractivity contribution is -0.126. The standard InChI is InChI=1S/C24H27N5O5S/c1-33-16-10-8-14(9-11-16)20(23(31)27-15-5-2-3-6-15)29(13-17-7-4-12-34-17)24(32)21-18(25)19(22(26)30)28-35-21/h4,7-12,15,20H,2-3,5-6,13,25H2,1H3,(H2,26,30)(H,27,31). The molecule has 184 valence electrons. The average molecular weight is 498 g/mol. The summed E-state index contributed by atoms with van der Waals surface area (Å²) >= 11 is 0.767. The summed E-state index contributed by atoms with van der Waals surface area (Å²) in [5.41, 5.74) is 11.7. The summed E-state index contributed by atoms with van der Waals surface area (Å²) in [4.78, 5) is 40.6. The SMILES string of the molecule is COc1ccc(C(C(=O)NC2CCCC2)N(Cc2ccco2)C(=O)c2snc(C(N)=O)c2N)cc1. The highest BCUT2D eigenvalue weighted by atomic mass is 32.1. The van der Waals surface area contributed by atoms with Crippen molar-refractivity contribution < 1.29 is 23.5 Å². The van der Waals surface area contributed by atoms with Crippen molar-refractivity contribution in [2.45, 2.75) is 44.3 Å². The topological polar surface area (TPSA) is 154 Å². The van der Waals surface area contributed by atoms with Gasteiger partial charge in [-0.25, -0.2) is 0 Å². The summed E-state index contributed by atoms with van der Waals surface area (Å²) < 4.78 is 14.7. The minimum absolute atomic E-state index is 0.0101. The summed E-state index contributed by atoms with van der Waals surface area (Å²) in [5, 5.41) is 3.10. The molecule has 5 N–H and O–H groups in total. The highest BCUT2D eigenvalue weighted by molar-refractivity contribution is 7.09. The summed E-state index contributed by atoms with van der Waals surface area (Å²) in [6.45, 7) is -0.0101. The first kappa shape index (κ1) is 24.3. The fourth-order valence-electron chi connectivity index (χ4n) is 4.22. The largest absolute Gasteiger partial charge is 0.497 e. The Morgan fingerprint density at radius 3 is 2.51 bits per heavy atom. The molecule has 1 aliphatic rings. The van der Waals surface area contributed by atoms with Gasteiger partial charge in [-0.3, -0.25) is 14.4 Å². The molecule has 3 aromatic rings. The second-order valence-corrected chi connectivity index (χ2v) is 9.09. The first-order valence-corrected chi connectivity index (χ1v) is 12.0.